The van der Waals surface area contributed by atoms with Crippen LogP contribution in [-0.4, -0.2) is 30.5 Å². The van der Waals surface area contributed by atoms with Crippen molar-refractivity contribution in [1.29, 1.82) is 0 Å². The van der Waals surface area contributed by atoms with Gasteiger partial charge in [0.05, 0.1) is 0 Å². The first-order chi connectivity index (χ1) is 11.8. The standard InChI is InChI=1S/C19H40N2OS2/c1-2-23-24-18-14-10-6-4-3-5-7-11-15-19(22)21-17-13-9-8-12-16-20/h2-18,20H2,1H3,(H,21,22). The minimum atomic E-state index is 0.233. The molecular formula is C19H40N2OS2. The molecule has 144 valence electrons. The van der Waals surface area contributed by atoms with E-state index in [0.29, 0.717) is 6.42 Å². The van der Waals surface area contributed by atoms with Crippen LogP contribution >= 0.6 is 21.6 Å². The third-order valence-electron chi connectivity index (χ3n) is 4.04. The molecule has 0 heterocycles. The molecule has 0 radical (unpaired) electrons. The van der Waals surface area contributed by atoms with E-state index in [2.05, 4.69) is 12.2 Å². The summed E-state index contributed by atoms with van der Waals surface area (Å²) >= 11 is 0. The molecule has 0 spiro atoms. The maximum absolute atomic E-state index is 11.7. The zero-order valence-corrected chi connectivity index (χ0v) is 17.5. The van der Waals surface area contributed by atoms with Crippen molar-refractivity contribution in [1.82, 2.24) is 5.32 Å². The molecule has 0 aliphatic rings. The second kappa shape index (κ2) is 21.2. The van der Waals surface area contributed by atoms with Gasteiger partial charge in [-0.1, -0.05) is 79.9 Å². The van der Waals surface area contributed by atoms with E-state index in [1.165, 1.54) is 69.3 Å². The Bertz CT molecular complexity index is 266. The maximum atomic E-state index is 11.7. The molecule has 0 atom stereocenters. The summed E-state index contributed by atoms with van der Waals surface area (Å²) in [6.07, 6.45) is 15.6. The van der Waals surface area contributed by atoms with Crippen LogP contribution in [0.1, 0.15) is 90.4 Å². The Morgan fingerprint density at radius 3 is 2.04 bits per heavy atom. The van der Waals surface area contributed by atoms with Gasteiger partial charge in [-0.2, -0.15) is 0 Å². The normalized spacial score (nSPS) is 10.9. The van der Waals surface area contributed by atoms with Gasteiger partial charge in [-0.05, 0) is 32.2 Å². The first kappa shape index (κ1) is 24.1. The van der Waals surface area contributed by atoms with Gasteiger partial charge >= 0.3 is 0 Å². The van der Waals surface area contributed by atoms with Crippen molar-refractivity contribution < 1.29 is 4.79 Å². The highest BCUT2D eigenvalue weighted by Crippen LogP contribution is 2.22. The number of unbranched alkanes of at least 4 members (excludes halogenated alkanes) is 10. The fraction of sp³-hybridized carbons (Fsp3) is 0.947. The van der Waals surface area contributed by atoms with Crippen molar-refractivity contribution in [3.63, 3.8) is 0 Å². The Balaban J connectivity index is 3.11. The van der Waals surface area contributed by atoms with Crippen LogP contribution in [-0.2, 0) is 4.79 Å². The quantitative estimate of drug-likeness (QED) is 0.230. The van der Waals surface area contributed by atoms with Crippen LogP contribution in [0.2, 0.25) is 0 Å². The average Bonchev–Trinajstić information content (AvgIpc) is 2.59. The van der Waals surface area contributed by atoms with E-state index in [1.54, 1.807) is 0 Å². The van der Waals surface area contributed by atoms with Gasteiger partial charge in [-0.15, -0.1) is 0 Å². The van der Waals surface area contributed by atoms with Gasteiger partial charge in [0.25, 0.3) is 0 Å². The van der Waals surface area contributed by atoms with E-state index in [1.807, 2.05) is 21.6 Å². The summed E-state index contributed by atoms with van der Waals surface area (Å²) in [6.45, 7) is 3.83. The second-order valence-corrected chi connectivity index (χ2v) is 9.23. The predicted molar refractivity (Wildman–Crippen MR) is 113 cm³/mol. The van der Waals surface area contributed by atoms with Crippen molar-refractivity contribution in [2.24, 2.45) is 5.73 Å². The molecule has 0 unspecified atom stereocenters. The molecular weight excluding hydrogens is 336 g/mol. The molecule has 0 rings (SSSR count). The van der Waals surface area contributed by atoms with E-state index in [-0.39, 0.29) is 5.91 Å². The number of hydrogen-bond acceptors (Lipinski definition) is 4. The van der Waals surface area contributed by atoms with Crippen molar-refractivity contribution in [2.75, 3.05) is 24.6 Å². The topological polar surface area (TPSA) is 55.1 Å². The van der Waals surface area contributed by atoms with Gasteiger partial charge in [0.1, 0.15) is 0 Å². The molecule has 5 heteroatoms. The van der Waals surface area contributed by atoms with Gasteiger partial charge in [0.2, 0.25) is 5.91 Å². The lowest BCUT2D eigenvalue weighted by Gasteiger charge is -2.05. The number of amides is 1. The van der Waals surface area contributed by atoms with Crippen LogP contribution in [0.3, 0.4) is 0 Å². The number of hydrogen-bond donors (Lipinski definition) is 2. The molecule has 0 saturated carbocycles. The second-order valence-electron chi connectivity index (χ2n) is 6.36. The van der Waals surface area contributed by atoms with E-state index < -0.39 is 0 Å². The highest BCUT2D eigenvalue weighted by molar-refractivity contribution is 8.76. The molecule has 0 aromatic carbocycles. The van der Waals surface area contributed by atoms with E-state index in [4.69, 9.17) is 5.73 Å². The molecule has 24 heavy (non-hydrogen) atoms. The van der Waals surface area contributed by atoms with Gasteiger partial charge in [0.15, 0.2) is 0 Å². The van der Waals surface area contributed by atoms with E-state index >= 15 is 0 Å². The summed E-state index contributed by atoms with van der Waals surface area (Å²) in [5, 5.41) is 3.03. The molecule has 1 amide bonds. The van der Waals surface area contributed by atoms with Crippen molar-refractivity contribution in [3.05, 3.63) is 0 Å². The van der Waals surface area contributed by atoms with Crippen molar-refractivity contribution in [2.45, 2.75) is 90.4 Å². The third-order valence-corrected chi connectivity index (χ3v) is 6.60. The molecule has 0 bridgehead atoms. The summed E-state index contributed by atoms with van der Waals surface area (Å²) in [4.78, 5) is 11.7. The molecule has 0 saturated heterocycles. The van der Waals surface area contributed by atoms with E-state index in [9.17, 15) is 4.79 Å². The lowest BCUT2D eigenvalue weighted by molar-refractivity contribution is -0.121. The molecule has 0 aliphatic heterocycles. The van der Waals surface area contributed by atoms with Gasteiger partial charge in [-0.25, -0.2) is 0 Å². The Kier molecular flexibility index (Phi) is 21.3. The van der Waals surface area contributed by atoms with Crippen molar-refractivity contribution >= 4 is 27.5 Å². The van der Waals surface area contributed by atoms with E-state index in [0.717, 1.165) is 32.4 Å². The maximum Gasteiger partial charge on any atom is 0.219 e. The summed E-state index contributed by atoms with van der Waals surface area (Å²) < 4.78 is 0. The monoisotopic (exact) mass is 376 g/mol. The van der Waals surface area contributed by atoms with Gasteiger partial charge in [0, 0.05) is 24.5 Å². The number of carbonyl (C=O) groups excluding carboxylic acids is 1. The molecule has 0 aromatic rings. The van der Waals surface area contributed by atoms with Crippen LogP contribution < -0.4 is 11.1 Å². The first-order valence-electron chi connectivity index (χ1n) is 10.0. The Morgan fingerprint density at radius 2 is 1.38 bits per heavy atom. The zero-order chi connectivity index (χ0) is 17.7. The largest absolute Gasteiger partial charge is 0.356 e. The molecule has 0 fully saturated rings. The van der Waals surface area contributed by atoms with Gasteiger partial charge in [-0.3, -0.25) is 4.79 Å². The van der Waals surface area contributed by atoms with Crippen LogP contribution in [0.4, 0.5) is 0 Å². The average molecular weight is 377 g/mol. The molecule has 3 N–H and O–H groups in total. The Hall–Kier alpha value is 0.130. The third kappa shape index (κ3) is 20.2. The lowest BCUT2D eigenvalue weighted by Crippen LogP contribution is -2.23. The fourth-order valence-electron chi connectivity index (χ4n) is 2.59. The first-order valence-corrected chi connectivity index (χ1v) is 12.5. The minimum absolute atomic E-state index is 0.233. The zero-order valence-electron chi connectivity index (χ0n) is 15.8. The molecule has 0 aliphatic carbocycles. The number of nitrogens with two attached hydrogens (primary N) is 1. The van der Waals surface area contributed by atoms with Gasteiger partial charge < -0.3 is 11.1 Å². The van der Waals surface area contributed by atoms with Crippen LogP contribution in [0.5, 0.6) is 0 Å². The van der Waals surface area contributed by atoms with Crippen LogP contribution in [0, 0.1) is 0 Å². The predicted octanol–water partition coefficient (Wildman–Crippen LogP) is 5.53. The van der Waals surface area contributed by atoms with Crippen molar-refractivity contribution in [3.8, 4) is 0 Å². The SMILES string of the molecule is CCSSCCCCCCCCCCC(=O)NCCCCCCN. The Morgan fingerprint density at radius 1 is 0.792 bits per heavy atom. The summed E-state index contributed by atoms with van der Waals surface area (Å²) in [5.74, 6) is 2.76. The smallest absolute Gasteiger partial charge is 0.219 e. The highest BCUT2D eigenvalue weighted by Gasteiger charge is 2.00. The summed E-state index contributed by atoms with van der Waals surface area (Å²) in [5.41, 5.74) is 5.46. The molecule has 0 aromatic heterocycles. The summed E-state index contributed by atoms with van der Waals surface area (Å²) in [6, 6.07) is 0. The number of rotatable bonds is 19. The minimum Gasteiger partial charge on any atom is -0.356 e. The Labute approximate surface area is 158 Å². The van der Waals surface area contributed by atoms with Crippen LogP contribution in [0.15, 0.2) is 0 Å². The number of carbonyl (C=O) groups is 1. The summed E-state index contributed by atoms with van der Waals surface area (Å²) in [7, 11) is 3.99. The fourth-order valence-corrected chi connectivity index (χ4v) is 4.40. The number of nitrogens with one attached hydrogen (secondary N) is 1. The lowest BCUT2D eigenvalue weighted by atomic mass is 10.1. The molecule has 3 nitrogen and oxygen atoms in total. The highest BCUT2D eigenvalue weighted by atomic mass is 33.1. The van der Waals surface area contributed by atoms with Crippen LogP contribution in [0.25, 0.3) is 0 Å².